The van der Waals surface area contributed by atoms with Gasteiger partial charge in [-0.15, -0.1) is 0 Å². The molecule has 1 rings (SSSR count). The standard InChI is InChI=1S/C20H32F5N2O5P/c1-6-30-33(5,29)14(17(28)31-18(2,3)4)13-16-26-15(27-32-16)11-9-7-8-10-12-19(21,22)20(23,24)25/h14H,6-13H2,1-5H3. The van der Waals surface area contributed by atoms with E-state index in [1.807, 2.05) is 0 Å². The topological polar surface area (TPSA) is 91.5 Å². The lowest BCUT2D eigenvalue weighted by Crippen LogP contribution is -2.36. The van der Waals surface area contributed by atoms with Crippen LogP contribution in [0.5, 0.6) is 0 Å². The molecule has 0 aliphatic heterocycles. The number of alkyl halides is 5. The molecule has 2 atom stereocenters. The largest absolute Gasteiger partial charge is 0.459 e. The van der Waals surface area contributed by atoms with Crippen LogP contribution in [0.1, 0.15) is 71.5 Å². The van der Waals surface area contributed by atoms with Crippen LogP contribution in [-0.4, -0.2) is 52.7 Å². The fraction of sp³-hybridized carbons (Fsp3) is 0.850. The Balaban J connectivity index is 2.62. The van der Waals surface area contributed by atoms with Gasteiger partial charge in [0.2, 0.25) is 13.3 Å². The Kier molecular flexibility index (Phi) is 10.5. The number of carbonyl (C=O) groups excluding carboxylic acids is 1. The number of rotatable bonds is 13. The van der Waals surface area contributed by atoms with E-state index < -0.39 is 43.1 Å². The van der Waals surface area contributed by atoms with E-state index in [1.165, 1.54) is 6.66 Å². The van der Waals surface area contributed by atoms with Crippen LogP contribution in [0, 0.1) is 0 Å². The molecule has 0 saturated carbocycles. The molecule has 1 aromatic heterocycles. The van der Waals surface area contributed by atoms with Crippen LogP contribution < -0.4 is 0 Å². The van der Waals surface area contributed by atoms with Crippen molar-refractivity contribution < 1.29 is 45.1 Å². The summed E-state index contributed by atoms with van der Waals surface area (Å²) in [5.74, 6) is -5.04. The second kappa shape index (κ2) is 11.7. The Morgan fingerprint density at radius 1 is 1.09 bits per heavy atom. The molecular formula is C20H32F5N2O5P. The van der Waals surface area contributed by atoms with Gasteiger partial charge in [-0.3, -0.25) is 9.36 Å². The highest BCUT2D eigenvalue weighted by atomic mass is 31.2. The molecule has 2 unspecified atom stereocenters. The zero-order valence-electron chi connectivity index (χ0n) is 19.5. The maximum atomic E-state index is 12.9. The first-order chi connectivity index (χ1) is 15.0. The molecule has 1 aromatic rings. The van der Waals surface area contributed by atoms with Gasteiger partial charge < -0.3 is 13.8 Å². The predicted molar refractivity (Wildman–Crippen MR) is 111 cm³/mol. The van der Waals surface area contributed by atoms with Gasteiger partial charge in [-0.1, -0.05) is 18.0 Å². The summed E-state index contributed by atoms with van der Waals surface area (Å²) in [6.45, 7) is 8.16. The Labute approximate surface area is 190 Å². The number of hydrogen-bond donors (Lipinski definition) is 0. The molecule has 0 N–H and O–H groups in total. The van der Waals surface area contributed by atoms with Crippen molar-refractivity contribution in [1.82, 2.24) is 10.1 Å². The molecule has 0 aliphatic carbocycles. The highest BCUT2D eigenvalue weighted by Crippen LogP contribution is 2.50. The van der Waals surface area contributed by atoms with Gasteiger partial charge in [-0.05, 0) is 40.5 Å². The third-order valence-electron chi connectivity index (χ3n) is 4.56. The second-order valence-corrected chi connectivity index (χ2v) is 11.5. The summed E-state index contributed by atoms with van der Waals surface area (Å²) >= 11 is 0. The van der Waals surface area contributed by atoms with Crippen molar-refractivity contribution in [1.29, 1.82) is 0 Å². The van der Waals surface area contributed by atoms with Crippen LogP contribution in [0.2, 0.25) is 0 Å². The van der Waals surface area contributed by atoms with E-state index in [-0.39, 0.29) is 37.6 Å². The third kappa shape index (κ3) is 10.1. The molecule has 0 fully saturated rings. The van der Waals surface area contributed by atoms with Crippen LogP contribution in [0.25, 0.3) is 0 Å². The molecular weight excluding hydrogens is 474 g/mol. The SMILES string of the molecule is CCOP(C)(=O)C(Cc1nc(CCCCCCC(F)(F)C(F)(F)F)no1)C(=O)OC(C)(C)C. The quantitative estimate of drug-likeness (QED) is 0.141. The van der Waals surface area contributed by atoms with Gasteiger partial charge in [0.1, 0.15) is 11.3 Å². The number of carbonyl (C=O) groups is 1. The van der Waals surface area contributed by atoms with E-state index in [0.717, 1.165) is 0 Å². The van der Waals surface area contributed by atoms with Gasteiger partial charge in [-0.2, -0.15) is 26.9 Å². The van der Waals surface area contributed by atoms with E-state index in [1.54, 1.807) is 27.7 Å². The fourth-order valence-electron chi connectivity index (χ4n) is 2.92. The van der Waals surface area contributed by atoms with Gasteiger partial charge in [0.05, 0.1) is 6.61 Å². The molecule has 0 saturated heterocycles. The van der Waals surface area contributed by atoms with Crippen LogP contribution in [0.4, 0.5) is 22.0 Å². The van der Waals surface area contributed by atoms with E-state index in [2.05, 4.69) is 10.1 Å². The average molecular weight is 506 g/mol. The minimum Gasteiger partial charge on any atom is -0.459 e. The number of halogens is 5. The van der Waals surface area contributed by atoms with Gasteiger partial charge in [0.15, 0.2) is 5.82 Å². The van der Waals surface area contributed by atoms with Crippen molar-refractivity contribution in [3.05, 3.63) is 11.7 Å². The van der Waals surface area contributed by atoms with E-state index in [4.69, 9.17) is 13.8 Å². The second-order valence-electron chi connectivity index (χ2n) is 8.80. The Hall–Kier alpha value is -1.55. The summed E-state index contributed by atoms with van der Waals surface area (Å²) in [6, 6.07) is 0. The van der Waals surface area contributed by atoms with Crippen molar-refractivity contribution in [2.75, 3.05) is 13.3 Å². The molecule has 0 aliphatic rings. The number of ether oxygens (including phenoxy) is 1. The highest BCUT2D eigenvalue weighted by Gasteiger charge is 2.56. The zero-order chi connectivity index (χ0) is 25.5. The molecule has 13 heteroatoms. The van der Waals surface area contributed by atoms with Gasteiger partial charge in [-0.25, -0.2) is 0 Å². The van der Waals surface area contributed by atoms with Crippen molar-refractivity contribution >= 4 is 13.3 Å². The van der Waals surface area contributed by atoms with Gasteiger partial charge >= 0.3 is 18.1 Å². The van der Waals surface area contributed by atoms with Crippen molar-refractivity contribution in [3.8, 4) is 0 Å². The van der Waals surface area contributed by atoms with E-state index in [9.17, 15) is 31.3 Å². The molecule has 1 heterocycles. The van der Waals surface area contributed by atoms with Crippen LogP contribution in [0.15, 0.2) is 4.52 Å². The lowest BCUT2D eigenvalue weighted by atomic mass is 10.1. The van der Waals surface area contributed by atoms with Gasteiger partial charge in [0.25, 0.3) is 0 Å². The van der Waals surface area contributed by atoms with Crippen molar-refractivity contribution in [2.45, 2.75) is 96.0 Å². The Morgan fingerprint density at radius 3 is 2.24 bits per heavy atom. The summed E-state index contributed by atoms with van der Waals surface area (Å²) in [5.41, 5.74) is -1.94. The summed E-state index contributed by atoms with van der Waals surface area (Å²) in [6.07, 6.45) is -5.81. The smallest absolute Gasteiger partial charge is 0.453 e. The Morgan fingerprint density at radius 2 is 1.70 bits per heavy atom. The fourth-order valence-corrected chi connectivity index (χ4v) is 4.54. The number of unbranched alkanes of at least 4 members (excludes halogenated alkanes) is 3. The van der Waals surface area contributed by atoms with Crippen LogP contribution >= 0.6 is 7.37 Å². The first-order valence-corrected chi connectivity index (χ1v) is 12.8. The molecule has 33 heavy (non-hydrogen) atoms. The minimum atomic E-state index is -5.53. The van der Waals surface area contributed by atoms with E-state index >= 15 is 0 Å². The molecule has 192 valence electrons. The first kappa shape index (κ1) is 29.5. The average Bonchev–Trinajstić information content (AvgIpc) is 3.07. The summed E-state index contributed by atoms with van der Waals surface area (Å²) in [4.78, 5) is 16.8. The minimum absolute atomic E-state index is 0.0625. The maximum Gasteiger partial charge on any atom is 0.453 e. The number of aromatic nitrogens is 2. The summed E-state index contributed by atoms with van der Waals surface area (Å²) in [7, 11) is -3.40. The van der Waals surface area contributed by atoms with Gasteiger partial charge in [0, 0.05) is 25.9 Å². The van der Waals surface area contributed by atoms with Crippen LogP contribution in [0.3, 0.4) is 0 Å². The molecule has 7 nitrogen and oxygen atoms in total. The molecule has 0 radical (unpaired) electrons. The number of nitrogens with zero attached hydrogens (tertiary/aromatic N) is 2. The molecule has 0 spiro atoms. The van der Waals surface area contributed by atoms with E-state index in [0.29, 0.717) is 19.3 Å². The number of aryl methyl sites for hydroxylation is 1. The highest BCUT2D eigenvalue weighted by molar-refractivity contribution is 7.60. The monoisotopic (exact) mass is 506 g/mol. The predicted octanol–water partition coefficient (Wildman–Crippen LogP) is 5.96. The Bertz CT molecular complexity index is 808. The first-order valence-electron chi connectivity index (χ1n) is 10.7. The van der Waals surface area contributed by atoms with Crippen molar-refractivity contribution in [2.24, 2.45) is 0 Å². The normalized spacial score (nSPS) is 15.8. The number of hydrogen-bond acceptors (Lipinski definition) is 7. The molecule has 0 amide bonds. The van der Waals surface area contributed by atoms with Crippen molar-refractivity contribution in [3.63, 3.8) is 0 Å². The third-order valence-corrected chi connectivity index (χ3v) is 6.86. The summed E-state index contributed by atoms with van der Waals surface area (Å²) < 4.78 is 90.9. The molecule has 0 bridgehead atoms. The lowest BCUT2D eigenvalue weighted by Gasteiger charge is -2.26. The number of esters is 1. The maximum absolute atomic E-state index is 12.9. The van der Waals surface area contributed by atoms with Crippen LogP contribution in [-0.2, 0) is 31.5 Å². The lowest BCUT2D eigenvalue weighted by molar-refractivity contribution is -0.284. The zero-order valence-corrected chi connectivity index (χ0v) is 20.4. The summed E-state index contributed by atoms with van der Waals surface area (Å²) in [5, 5.41) is 3.78. The molecule has 0 aromatic carbocycles.